The van der Waals surface area contributed by atoms with Crippen molar-refractivity contribution < 1.29 is 28.5 Å². The van der Waals surface area contributed by atoms with Gasteiger partial charge in [0.05, 0.1) is 26.4 Å². The number of thiol groups is 2. The molecule has 0 bridgehead atoms. The molecule has 6 nitrogen and oxygen atoms in total. The lowest BCUT2D eigenvalue weighted by Gasteiger charge is -2.10. The number of rotatable bonds is 13. The van der Waals surface area contributed by atoms with Gasteiger partial charge in [-0.1, -0.05) is 49.0 Å². The van der Waals surface area contributed by atoms with Crippen LogP contribution < -0.4 is 9.47 Å². The number of carbonyl (C=O) groups is 2. The molecule has 8 heteroatoms. The van der Waals surface area contributed by atoms with Gasteiger partial charge in [-0.05, 0) is 96.8 Å². The molecule has 4 aromatic carbocycles. The Balaban J connectivity index is 1.35. The summed E-state index contributed by atoms with van der Waals surface area (Å²) in [6.07, 6.45) is 3.40. The first-order valence-corrected chi connectivity index (χ1v) is 16.8. The lowest BCUT2D eigenvalue weighted by atomic mass is 9.94. The molecule has 0 radical (unpaired) electrons. The SMILES string of the molecule is C=CC(=O)OCCCOc1ccc(C#Cc2ccc(-c3ccc(C#Cc4ccc(OCCCOC(=O)C=C)c(S)c4)cc3C)c(C)c2)cc1S. The van der Waals surface area contributed by atoms with Crippen LogP contribution in [0.4, 0.5) is 0 Å². The Hall–Kier alpha value is -5.28. The van der Waals surface area contributed by atoms with E-state index >= 15 is 0 Å². The summed E-state index contributed by atoms with van der Waals surface area (Å²) in [5.41, 5.74) is 8.00. The van der Waals surface area contributed by atoms with Gasteiger partial charge >= 0.3 is 11.9 Å². The van der Waals surface area contributed by atoms with Gasteiger partial charge in [0.2, 0.25) is 0 Å². The number of hydrogen-bond donors (Lipinski definition) is 2. The number of esters is 2. The summed E-state index contributed by atoms with van der Waals surface area (Å²) in [5.74, 6) is 13.3. The molecular weight excluding hydrogens is 665 g/mol. The fourth-order valence-corrected chi connectivity index (χ4v) is 5.31. The molecule has 4 aromatic rings. The standard InChI is InChI=1S/C42H38O6S2/c1-5-41(43)47-23-7-21-45-37-19-15-33(27-39(37)49)11-9-31-13-17-35(29(3)25-31)36-18-14-32(26-30(36)4)10-12-34-16-20-38(40(50)28-34)46-22-8-24-48-42(44)6-2/h5-6,13-20,25-28,49-50H,1-2,7-8,21-24H2,3-4H3. The second-order valence-electron chi connectivity index (χ2n) is 11.1. The van der Waals surface area contributed by atoms with E-state index in [1.807, 2.05) is 48.5 Å². The van der Waals surface area contributed by atoms with Gasteiger partial charge in [-0.15, -0.1) is 25.3 Å². The highest BCUT2D eigenvalue weighted by atomic mass is 32.1. The smallest absolute Gasteiger partial charge is 0.330 e. The first-order valence-electron chi connectivity index (χ1n) is 15.9. The maximum Gasteiger partial charge on any atom is 0.330 e. The van der Waals surface area contributed by atoms with Crippen LogP contribution >= 0.6 is 25.3 Å². The van der Waals surface area contributed by atoms with Gasteiger partial charge in [-0.25, -0.2) is 9.59 Å². The minimum Gasteiger partial charge on any atom is -0.492 e. The topological polar surface area (TPSA) is 71.1 Å². The van der Waals surface area contributed by atoms with Crippen LogP contribution in [-0.2, 0) is 19.1 Å². The first kappa shape index (κ1) is 37.5. The third-order valence-electron chi connectivity index (χ3n) is 7.28. The second-order valence-corrected chi connectivity index (χ2v) is 12.0. The summed E-state index contributed by atoms with van der Waals surface area (Å²) in [4.78, 5) is 23.6. The highest BCUT2D eigenvalue weighted by molar-refractivity contribution is 7.80. The zero-order valence-corrected chi connectivity index (χ0v) is 29.9. The van der Waals surface area contributed by atoms with Crippen molar-refractivity contribution in [2.45, 2.75) is 36.5 Å². The largest absolute Gasteiger partial charge is 0.492 e. The van der Waals surface area contributed by atoms with Gasteiger partial charge < -0.3 is 18.9 Å². The summed E-state index contributed by atoms with van der Waals surface area (Å²) in [7, 11) is 0. The van der Waals surface area contributed by atoms with Crippen molar-refractivity contribution in [3.63, 3.8) is 0 Å². The Bertz CT molecular complexity index is 1860. The summed E-state index contributed by atoms with van der Waals surface area (Å²) >= 11 is 9.10. The van der Waals surface area contributed by atoms with E-state index in [0.717, 1.165) is 56.7 Å². The van der Waals surface area contributed by atoms with Crippen molar-refractivity contribution in [3.05, 3.63) is 131 Å². The normalized spacial score (nSPS) is 10.1. The number of hydrogen-bond acceptors (Lipinski definition) is 8. The van der Waals surface area contributed by atoms with Crippen molar-refractivity contribution in [1.29, 1.82) is 0 Å². The molecule has 50 heavy (non-hydrogen) atoms. The molecule has 0 amide bonds. The second kappa shape index (κ2) is 19.0. The molecule has 0 saturated carbocycles. The van der Waals surface area contributed by atoms with Gasteiger partial charge in [0.15, 0.2) is 0 Å². The fraction of sp³-hybridized carbons (Fsp3) is 0.190. The molecular formula is C42H38O6S2. The van der Waals surface area contributed by atoms with Crippen molar-refractivity contribution >= 4 is 37.2 Å². The first-order chi connectivity index (χ1) is 24.2. The summed E-state index contributed by atoms with van der Waals surface area (Å²) < 4.78 is 21.4. The minimum atomic E-state index is -0.445. The zero-order valence-electron chi connectivity index (χ0n) is 28.1. The summed E-state index contributed by atoms with van der Waals surface area (Å²) in [6, 6.07) is 23.7. The third kappa shape index (κ3) is 11.4. The van der Waals surface area contributed by atoms with Crippen molar-refractivity contribution in [1.82, 2.24) is 0 Å². The Kier molecular flexibility index (Phi) is 14.3. The monoisotopic (exact) mass is 702 g/mol. The lowest BCUT2D eigenvalue weighted by Crippen LogP contribution is -2.06. The van der Waals surface area contributed by atoms with Crippen molar-refractivity contribution in [3.8, 4) is 46.3 Å². The van der Waals surface area contributed by atoms with Crippen LogP contribution in [0, 0.1) is 37.5 Å². The van der Waals surface area contributed by atoms with E-state index in [1.165, 1.54) is 0 Å². The Morgan fingerprint density at radius 1 is 0.580 bits per heavy atom. The van der Waals surface area contributed by atoms with Gasteiger partial charge in [-0.2, -0.15) is 0 Å². The van der Waals surface area contributed by atoms with E-state index in [1.54, 1.807) is 0 Å². The molecule has 0 spiro atoms. The molecule has 254 valence electrons. The summed E-state index contributed by atoms with van der Waals surface area (Å²) in [5, 5.41) is 0. The average molecular weight is 703 g/mol. The summed E-state index contributed by atoms with van der Waals surface area (Å²) in [6.45, 7) is 12.2. The Labute approximate surface area is 305 Å². The van der Waals surface area contributed by atoms with Crippen LogP contribution in [0.3, 0.4) is 0 Å². The van der Waals surface area contributed by atoms with Crippen LogP contribution in [0.15, 0.2) is 108 Å². The molecule has 0 saturated heterocycles. The molecule has 0 N–H and O–H groups in total. The van der Waals surface area contributed by atoms with Crippen LogP contribution in [-0.4, -0.2) is 38.4 Å². The molecule has 4 rings (SSSR count). The van der Waals surface area contributed by atoms with Crippen molar-refractivity contribution in [2.24, 2.45) is 0 Å². The number of aryl methyl sites for hydroxylation is 2. The van der Waals surface area contributed by atoms with Crippen LogP contribution in [0.25, 0.3) is 11.1 Å². The molecule has 0 aliphatic carbocycles. The third-order valence-corrected chi connectivity index (χ3v) is 7.98. The minimum absolute atomic E-state index is 0.265. The van der Waals surface area contributed by atoms with E-state index in [-0.39, 0.29) is 13.2 Å². The molecule has 0 unspecified atom stereocenters. The van der Waals surface area contributed by atoms with E-state index in [4.69, 9.17) is 18.9 Å². The molecule has 0 heterocycles. The highest BCUT2D eigenvalue weighted by Gasteiger charge is 2.08. The highest BCUT2D eigenvalue weighted by Crippen LogP contribution is 2.29. The van der Waals surface area contributed by atoms with E-state index in [0.29, 0.717) is 47.3 Å². The van der Waals surface area contributed by atoms with Crippen LogP contribution in [0.5, 0.6) is 11.5 Å². The van der Waals surface area contributed by atoms with Gasteiger partial charge in [0.25, 0.3) is 0 Å². The van der Waals surface area contributed by atoms with Crippen molar-refractivity contribution in [2.75, 3.05) is 26.4 Å². The quantitative estimate of drug-likeness (QED) is 0.0480. The predicted molar refractivity (Wildman–Crippen MR) is 203 cm³/mol. The van der Waals surface area contributed by atoms with E-state index in [9.17, 15) is 9.59 Å². The Morgan fingerprint density at radius 2 is 0.940 bits per heavy atom. The van der Waals surface area contributed by atoms with Gasteiger partial charge in [0.1, 0.15) is 11.5 Å². The maximum atomic E-state index is 11.1. The molecule has 0 aromatic heterocycles. The molecule has 0 aliphatic rings. The van der Waals surface area contributed by atoms with E-state index < -0.39 is 11.9 Å². The van der Waals surface area contributed by atoms with Gasteiger partial charge in [-0.3, -0.25) is 0 Å². The van der Waals surface area contributed by atoms with Gasteiger partial charge in [0, 0.05) is 57.0 Å². The molecule has 0 fully saturated rings. The zero-order chi connectivity index (χ0) is 35.9. The maximum absolute atomic E-state index is 11.1. The Morgan fingerprint density at radius 3 is 1.28 bits per heavy atom. The predicted octanol–water partition coefficient (Wildman–Crippen LogP) is 8.34. The molecule has 0 atom stereocenters. The average Bonchev–Trinajstić information content (AvgIpc) is 3.11. The number of benzene rings is 4. The fourth-order valence-electron chi connectivity index (χ4n) is 4.76. The number of carbonyl (C=O) groups excluding carboxylic acids is 2. The lowest BCUT2D eigenvalue weighted by molar-refractivity contribution is -0.138. The van der Waals surface area contributed by atoms with Crippen LogP contribution in [0.2, 0.25) is 0 Å². The van der Waals surface area contributed by atoms with Crippen LogP contribution in [0.1, 0.15) is 46.2 Å². The number of ether oxygens (including phenoxy) is 4. The molecule has 0 aliphatic heterocycles. The van der Waals surface area contributed by atoms with E-state index in [2.05, 4.69) is 100 Å².